The fraction of sp³-hybridized carbons (Fsp3) is 0.375. The number of nitrogens with zero attached hydrogens (tertiary/aromatic N) is 4. The van der Waals surface area contributed by atoms with Crippen LogP contribution in [0, 0.1) is 24.0 Å². The highest BCUT2D eigenvalue weighted by Crippen LogP contribution is 2.23. The van der Waals surface area contributed by atoms with Crippen molar-refractivity contribution < 1.29 is 14.1 Å². The molecule has 0 aliphatic carbocycles. The van der Waals surface area contributed by atoms with Crippen molar-refractivity contribution in [3.63, 3.8) is 0 Å². The van der Waals surface area contributed by atoms with Crippen LogP contribution in [0.15, 0.2) is 28.8 Å². The number of amides is 1. The highest BCUT2D eigenvalue weighted by molar-refractivity contribution is 5.91. The van der Waals surface area contributed by atoms with Gasteiger partial charge in [-0.25, -0.2) is 4.98 Å². The zero-order valence-corrected chi connectivity index (χ0v) is 13.6. The predicted octanol–water partition coefficient (Wildman–Crippen LogP) is 2.16. The first-order valence-corrected chi connectivity index (χ1v) is 7.67. The third-order valence-electron chi connectivity index (χ3n) is 4.06. The average Bonchev–Trinajstić information content (AvgIpc) is 3.00. The minimum Gasteiger partial charge on any atom is -0.456 e. The maximum Gasteiger partial charge on any atom is 0.289 e. The molecule has 0 N–H and O–H groups in total. The van der Waals surface area contributed by atoms with E-state index in [1.807, 2.05) is 4.90 Å². The molecule has 24 heavy (non-hydrogen) atoms. The van der Waals surface area contributed by atoms with Crippen LogP contribution >= 0.6 is 0 Å². The Kier molecular flexibility index (Phi) is 4.20. The molecule has 0 spiro atoms. The van der Waals surface area contributed by atoms with Gasteiger partial charge in [0.25, 0.3) is 11.6 Å². The molecule has 1 aliphatic heterocycles. The molecule has 2 aromatic heterocycles. The van der Waals surface area contributed by atoms with Gasteiger partial charge in [0.05, 0.1) is 4.92 Å². The van der Waals surface area contributed by atoms with Crippen molar-refractivity contribution in [3.8, 4) is 0 Å². The molecule has 1 saturated heterocycles. The molecular weight excluding hydrogens is 312 g/mol. The van der Waals surface area contributed by atoms with Crippen LogP contribution in [0.4, 0.5) is 11.5 Å². The van der Waals surface area contributed by atoms with Crippen molar-refractivity contribution in [1.82, 2.24) is 9.88 Å². The Balaban J connectivity index is 1.67. The minimum absolute atomic E-state index is 0.0155. The first-order valence-electron chi connectivity index (χ1n) is 7.67. The smallest absolute Gasteiger partial charge is 0.289 e. The molecule has 0 bridgehead atoms. The number of rotatable bonds is 3. The summed E-state index contributed by atoms with van der Waals surface area (Å²) < 4.78 is 5.38. The lowest BCUT2D eigenvalue weighted by Gasteiger charge is -2.35. The maximum absolute atomic E-state index is 12.4. The average molecular weight is 330 g/mol. The van der Waals surface area contributed by atoms with Gasteiger partial charge < -0.3 is 14.2 Å². The van der Waals surface area contributed by atoms with Crippen molar-refractivity contribution in [2.24, 2.45) is 0 Å². The Bertz CT molecular complexity index is 778. The quantitative estimate of drug-likeness (QED) is 0.632. The van der Waals surface area contributed by atoms with Gasteiger partial charge in [0, 0.05) is 32.2 Å². The molecule has 0 aromatic carbocycles. The van der Waals surface area contributed by atoms with Crippen LogP contribution in [-0.2, 0) is 0 Å². The fourth-order valence-electron chi connectivity index (χ4n) is 2.81. The number of anilines is 1. The van der Waals surface area contributed by atoms with Crippen LogP contribution in [0.3, 0.4) is 0 Å². The van der Waals surface area contributed by atoms with E-state index in [2.05, 4.69) is 4.98 Å². The van der Waals surface area contributed by atoms with Gasteiger partial charge in [0.2, 0.25) is 0 Å². The Morgan fingerprint density at radius 2 is 1.96 bits per heavy atom. The summed E-state index contributed by atoms with van der Waals surface area (Å²) in [5.41, 5.74) is 0.740. The Hall–Kier alpha value is -2.90. The molecule has 8 nitrogen and oxygen atoms in total. The summed E-state index contributed by atoms with van der Waals surface area (Å²) >= 11 is 0. The minimum atomic E-state index is -0.453. The predicted molar refractivity (Wildman–Crippen MR) is 87.2 cm³/mol. The van der Waals surface area contributed by atoms with Gasteiger partial charge in [-0.3, -0.25) is 14.9 Å². The van der Waals surface area contributed by atoms with Crippen LogP contribution in [0.25, 0.3) is 0 Å². The molecule has 2 aromatic rings. The fourth-order valence-corrected chi connectivity index (χ4v) is 2.81. The topological polar surface area (TPSA) is 92.7 Å². The van der Waals surface area contributed by atoms with E-state index in [4.69, 9.17) is 4.42 Å². The van der Waals surface area contributed by atoms with Gasteiger partial charge in [0.15, 0.2) is 5.76 Å². The number of pyridine rings is 1. The van der Waals surface area contributed by atoms with E-state index in [-0.39, 0.29) is 11.6 Å². The number of piperazine rings is 1. The van der Waals surface area contributed by atoms with E-state index in [0.29, 0.717) is 37.7 Å². The SMILES string of the molecule is Cc1ccc(C(=O)N2CCN(c3ncc([N+](=O)[O-])cc3C)CC2)o1. The van der Waals surface area contributed by atoms with E-state index in [0.717, 1.165) is 11.4 Å². The first kappa shape index (κ1) is 16.0. The number of aromatic nitrogens is 1. The monoisotopic (exact) mass is 330 g/mol. The normalized spacial score (nSPS) is 14.8. The van der Waals surface area contributed by atoms with Gasteiger partial charge >= 0.3 is 0 Å². The maximum atomic E-state index is 12.4. The number of carbonyl (C=O) groups excluding carboxylic acids is 1. The first-order chi connectivity index (χ1) is 11.5. The van der Waals surface area contributed by atoms with Gasteiger partial charge in [0.1, 0.15) is 17.8 Å². The second-order valence-corrected chi connectivity index (χ2v) is 5.78. The number of nitro groups is 1. The molecule has 0 atom stereocenters. The molecule has 3 heterocycles. The summed E-state index contributed by atoms with van der Waals surface area (Å²) in [6.45, 7) is 5.96. The lowest BCUT2D eigenvalue weighted by atomic mass is 10.2. The van der Waals surface area contributed by atoms with Crippen LogP contribution in [0.5, 0.6) is 0 Å². The summed E-state index contributed by atoms with van der Waals surface area (Å²) in [6.07, 6.45) is 1.27. The highest BCUT2D eigenvalue weighted by Gasteiger charge is 2.25. The van der Waals surface area contributed by atoms with Crippen LogP contribution < -0.4 is 4.90 Å². The van der Waals surface area contributed by atoms with Crippen molar-refractivity contribution >= 4 is 17.4 Å². The lowest BCUT2D eigenvalue weighted by molar-refractivity contribution is -0.385. The van der Waals surface area contributed by atoms with Gasteiger partial charge in [-0.2, -0.15) is 0 Å². The Labute approximate surface area is 138 Å². The second-order valence-electron chi connectivity index (χ2n) is 5.78. The molecule has 0 radical (unpaired) electrons. The molecule has 1 fully saturated rings. The third-order valence-corrected chi connectivity index (χ3v) is 4.06. The molecular formula is C16H18N4O4. The van der Waals surface area contributed by atoms with E-state index in [1.165, 1.54) is 12.3 Å². The zero-order valence-electron chi connectivity index (χ0n) is 13.6. The molecule has 1 amide bonds. The number of hydrogen-bond donors (Lipinski definition) is 0. The number of carbonyl (C=O) groups is 1. The van der Waals surface area contributed by atoms with Crippen molar-refractivity contribution in [1.29, 1.82) is 0 Å². The largest absolute Gasteiger partial charge is 0.456 e. The summed E-state index contributed by atoms with van der Waals surface area (Å²) in [7, 11) is 0. The van der Waals surface area contributed by atoms with Gasteiger partial charge in [-0.15, -0.1) is 0 Å². The third kappa shape index (κ3) is 3.08. The van der Waals surface area contributed by atoms with Crippen molar-refractivity contribution in [2.75, 3.05) is 31.1 Å². The standard InChI is InChI=1S/C16H18N4O4/c1-11-9-13(20(22)23)10-17-15(11)18-5-7-19(8-6-18)16(21)14-4-3-12(2)24-14/h3-4,9-10H,5-8H2,1-2H3. The number of furan rings is 1. The highest BCUT2D eigenvalue weighted by atomic mass is 16.6. The van der Waals surface area contributed by atoms with Crippen LogP contribution in [0.2, 0.25) is 0 Å². The summed E-state index contributed by atoms with van der Waals surface area (Å²) in [4.78, 5) is 30.7. The Morgan fingerprint density at radius 1 is 1.25 bits per heavy atom. The van der Waals surface area contributed by atoms with E-state index < -0.39 is 4.92 Å². The molecule has 1 aliphatic rings. The molecule has 0 unspecified atom stereocenters. The van der Waals surface area contributed by atoms with Gasteiger partial charge in [-0.05, 0) is 31.5 Å². The molecule has 126 valence electrons. The summed E-state index contributed by atoms with van der Waals surface area (Å²) in [5.74, 6) is 1.67. The lowest BCUT2D eigenvalue weighted by Crippen LogP contribution is -2.49. The number of aryl methyl sites for hydroxylation is 2. The van der Waals surface area contributed by atoms with E-state index >= 15 is 0 Å². The van der Waals surface area contributed by atoms with Crippen LogP contribution in [-0.4, -0.2) is 46.9 Å². The molecule has 0 saturated carbocycles. The molecule has 3 rings (SSSR count). The Morgan fingerprint density at radius 3 is 2.50 bits per heavy atom. The van der Waals surface area contributed by atoms with E-state index in [1.54, 1.807) is 30.9 Å². The second kappa shape index (κ2) is 6.31. The van der Waals surface area contributed by atoms with E-state index in [9.17, 15) is 14.9 Å². The van der Waals surface area contributed by atoms with Gasteiger partial charge in [-0.1, -0.05) is 0 Å². The summed E-state index contributed by atoms with van der Waals surface area (Å²) in [5, 5.41) is 10.8. The van der Waals surface area contributed by atoms with Crippen molar-refractivity contribution in [3.05, 3.63) is 51.6 Å². The van der Waals surface area contributed by atoms with Crippen molar-refractivity contribution in [2.45, 2.75) is 13.8 Å². The number of hydrogen-bond acceptors (Lipinski definition) is 6. The van der Waals surface area contributed by atoms with Crippen LogP contribution in [0.1, 0.15) is 21.9 Å². The zero-order chi connectivity index (χ0) is 17.3. The summed E-state index contributed by atoms with van der Waals surface area (Å²) in [6, 6.07) is 4.98. The molecule has 8 heteroatoms.